The highest BCUT2D eigenvalue weighted by atomic mass is 16.5. The number of methoxy groups -OCH3 is 2. The first kappa shape index (κ1) is 18.5. The molecule has 3 rings (SSSR count). The van der Waals surface area contributed by atoms with Crippen LogP contribution in [0.1, 0.15) is 11.1 Å². The van der Waals surface area contributed by atoms with E-state index in [0.717, 1.165) is 11.1 Å². The molecule has 0 bridgehead atoms. The largest absolute Gasteiger partial charge is 0.491 e. The third kappa shape index (κ3) is 4.44. The van der Waals surface area contributed by atoms with Gasteiger partial charge in [-0.15, -0.1) is 0 Å². The first-order valence-corrected chi connectivity index (χ1v) is 8.60. The van der Waals surface area contributed by atoms with E-state index >= 15 is 0 Å². The SMILES string of the molecule is COc1c(N)cc(OCc2ccccc2)c(OC)c1OCc1ccccc1. The molecular weight excluding hydrogens is 342 g/mol. The van der Waals surface area contributed by atoms with Crippen molar-refractivity contribution >= 4 is 5.69 Å². The molecular formula is C22H23NO4. The minimum Gasteiger partial charge on any atom is -0.491 e. The van der Waals surface area contributed by atoms with Crippen LogP contribution in [0.5, 0.6) is 23.0 Å². The van der Waals surface area contributed by atoms with Gasteiger partial charge in [0.15, 0.2) is 11.5 Å². The summed E-state index contributed by atoms with van der Waals surface area (Å²) < 4.78 is 23.0. The number of hydrogen-bond donors (Lipinski definition) is 1. The molecule has 3 aromatic rings. The third-order valence-corrected chi connectivity index (χ3v) is 4.06. The van der Waals surface area contributed by atoms with Gasteiger partial charge in [-0.25, -0.2) is 0 Å². The van der Waals surface area contributed by atoms with Gasteiger partial charge in [-0.05, 0) is 11.1 Å². The molecule has 0 saturated carbocycles. The van der Waals surface area contributed by atoms with Crippen molar-refractivity contribution in [2.75, 3.05) is 20.0 Å². The van der Waals surface area contributed by atoms with Gasteiger partial charge in [0.25, 0.3) is 0 Å². The van der Waals surface area contributed by atoms with Gasteiger partial charge in [-0.2, -0.15) is 0 Å². The monoisotopic (exact) mass is 365 g/mol. The predicted octanol–water partition coefficient (Wildman–Crippen LogP) is 4.44. The number of anilines is 1. The van der Waals surface area contributed by atoms with Crippen molar-refractivity contribution in [2.24, 2.45) is 0 Å². The van der Waals surface area contributed by atoms with Gasteiger partial charge in [0.05, 0.1) is 19.9 Å². The summed E-state index contributed by atoms with van der Waals surface area (Å²) in [5.74, 6) is 1.80. The molecule has 0 atom stereocenters. The maximum absolute atomic E-state index is 6.15. The Morgan fingerprint density at radius 1 is 0.667 bits per heavy atom. The first-order valence-electron chi connectivity index (χ1n) is 8.60. The van der Waals surface area contributed by atoms with Crippen LogP contribution in [0.2, 0.25) is 0 Å². The van der Waals surface area contributed by atoms with Crippen LogP contribution in [-0.4, -0.2) is 14.2 Å². The second kappa shape index (κ2) is 8.85. The van der Waals surface area contributed by atoms with E-state index in [4.69, 9.17) is 24.7 Å². The van der Waals surface area contributed by atoms with Crippen LogP contribution >= 0.6 is 0 Å². The van der Waals surface area contributed by atoms with E-state index in [2.05, 4.69) is 0 Å². The normalized spacial score (nSPS) is 10.3. The van der Waals surface area contributed by atoms with Crippen molar-refractivity contribution in [1.29, 1.82) is 0 Å². The van der Waals surface area contributed by atoms with Crippen molar-refractivity contribution in [3.05, 3.63) is 77.9 Å². The predicted molar refractivity (Wildman–Crippen MR) is 106 cm³/mol. The maximum atomic E-state index is 6.15. The number of nitrogens with two attached hydrogens (primary N) is 1. The van der Waals surface area contributed by atoms with Gasteiger partial charge in [0.2, 0.25) is 11.5 Å². The lowest BCUT2D eigenvalue weighted by Crippen LogP contribution is -2.05. The fraction of sp³-hybridized carbons (Fsp3) is 0.182. The molecule has 0 saturated heterocycles. The van der Waals surface area contributed by atoms with Gasteiger partial charge < -0.3 is 24.7 Å². The molecule has 0 amide bonds. The molecule has 0 unspecified atom stereocenters. The molecule has 0 radical (unpaired) electrons. The molecule has 2 N–H and O–H groups in total. The van der Waals surface area contributed by atoms with E-state index < -0.39 is 0 Å². The van der Waals surface area contributed by atoms with Crippen molar-refractivity contribution in [1.82, 2.24) is 0 Å². The fourth-order valence-corrected chi connectivity index (χ4v) is 2.73. The van der Waals surface area contributed by atoms with Gasteiger partial charge in [-0.1, -0.05) is 60.7 Å². The molecule has 0 heterocycles. The standard InChI is InChI=1S/C22H23NO4/c1-24-20-18(23)13-19(26-14-16-9-5-3-6-10-16)21(25-2)22(20)27-15-17-11-7-4-8-12-17/h3-13H,14-15,23H2,1-2H3. The average Bonchev–Trinajstić information content (AvgIpc) is 2.72. The second-order valence-corrected chi connectivity index (χ2v) is 5.91. The lowest BCUT2D eigenvalue weighted by molar-refractivity contribution is 0.247. The minimum atomic E-state index is 0.356. The van der Waals surface area contributed by atoms with Gasteiger partial charge in [-0.3, -0.25) is 0 Å². The smallest absolute Gasteiger partial charge is 0.210 e. The maximum Gasteiger partial charge on any atom is 0.210 e. The van der Waals surface area contributed by atoms with Crippen LogP contribution in [0, 0.1) is 0 Å². The van der Waals surface area contributed by atoms with Crippen molar-refractivity contribution in [3.8, 4) is 23.0 Å². The molecule has 0 spiro atoms. The first-order chi connectivity index (χ1) is 13.2. The molecule has 5 nitrogen and oxygen atoms in total. The van der Waals surface area contributed by atoms with Crippen LogP contribution in [0.3, 0.4) is 0 Å². The Morgan fingerprint density at radius 3 is 1.70 bits per heavy atom. The van der Waals surface area contributed by atoms with Crippen LogP contribution in [-0.2, 0) is 13.2 Å². The van der Waals surface area contributed by atoms with Crippen LogP contribution in [0.25, 0.3) is 0 Å². The Balaban J connectivity index is 1.88. The Hall–Kier alpha value is -3.34. The van der Waals surface area contributed by atoms with Crippen molar-refractivity contribution in [2.45, 2.75) is 13.2 Å². The third-order valence-electron chi connectivity index (χ3n) is 4.06. The van der Waals surface area contributed by atoms with E-state index in [9.17, 15) is 0 Å². The number of rotatable bonds is 8. The van der Waals surface area contributed by atoms with Crippen LogP contribution in [0.15, 0.2) is 66.7 Å². The van der Waals surface area contributed by atoms with Gasteiger partial charge in [0.1, 0.15) is 13.2 Å². The molecule has 0 aliphatic heterocycles. The molecule has 0 aromatic heterocycles. The molecule has 0 fully saturated rings. The Bertz CT molecular complexity index is 866. The Labute approximate surface area is 159 Å². The lowest BCUT2D eigenvalue weighted by Gasteiger charge is -2.19. The highest BCUT2D eigenvalue weighted by Crippen LogP contribution is 2.48. The molecule has 0 aliphatic carbocycles. The highest BCUT2D eigenvalue weighted by molar-refractivity contribution is 5.71. The van der Waals surface area contributed by atoms with E-state index in [-0.39, 0.29) is 0 Å². The summed E-state index contributed by atoms with van der Waals surface area (Å²) in [4.78, 5) is 0. The van der Waals surface area contributed by atoms with E-state index in [0.29, 0.717) is 41.9 Å². The van der Waals surface area contributed by atoms with E-state index in [1.54, 1.807) is 20.3 Å². The summed E-state index contributed by atoms with van der Waals surface area (Å²) in [6, 6.07) is 21.4. The number of nitrogen functional groups attached to an aromatic ring is 1. The molecule has 0 aliphatic rings. The second-order valence-electron chi connectivity index (χ2n) is 5.91. The van der Waals surface area contributed by atoms with Crippen molar-refractivity contribution in [3.63, 3.8) is 0 Å². The number of ether oxygens (including phenoxy) is 4. The zero-order chi connectivity index (χ0) is 19.1. The zero-order valence-electron chi connectivity index (χ0n) is 15.5. The molecule has 140 valence electrons. The number of hydrogen-bond acceptors (Lipinski definition) is 5. The summed E-state index contributed by atoms with van der Waals surface area (Å²) in [6.07, 6.45) is 0. The van der Waals surface area contributed by atoms with E-state index in [1.807, 2.05) is 60.7 Å². The summed E-state index contributed by atoms with van der Waals surface area (Å²) >= 11 is 0. The van der Waals surface area contributed by atoms with E-state index in [1.165, 1.54) is 0 Å². The number of benzene rings is 3. The molecule has 27 heavy (non-hydrogen) atoms. The van der Waals surface area contributed by atoms with Crippen LogP contribution < -0.4 is 24.7 Å². The summed E-state index contributed by atoms with van der Waals surface area (Å²) in [5.41, 5.74) is 8.64. The molecule has 5 heteroatoms. The minimum absolute atomic E-state index is 0.356. The zero-order valence-corrected chi connectivity index (χ0v) is 15.5. The van der Waals surface area contributed by atoms with Crippen molar-refractivity contribution < 1.29 is 18.9 Å². The average molecular weight is 365 g/mol. The summed E-state index contributed by atoms with van der Waals surface area (Å²) in [6.45, 7) is 0.746. The quantitative estimate of drug-likeness (QED) is 0.598. The lowest BCUT2D eigenvalue weighted by atomic mass is 10.2. The Morgan fingerprint density at radius 2 is 1.19 bits per heavy atom. The van der Waals surface area contributed by atoms with Gasteiger partial charge >= 0.3 is 0 Å². The Kier molecular flexibility index (Phi) is 6.05. The topological polar surface area (TPSA) is 62.9 Å². The van der Waals surface area contributed by atoms with Crippen LogP contribution in [0.4, 0.5) is 5.69 Å². The highest BCUT2D eigenvalue weighted by Gasteiger charge is 2.21. The molecule has 3 aromatic carbocycles. The summed E-state index contributed by atoms with van der Waals surface area (Å²) in [7, 11) is 3.11. The fourth-order valence-electron chi connectivity index (χ4n) is 2.73. The summed E-state index contributed by atoms with van der Waals surface area (Å²) in [5, 5.41) is 0. The van der Waals surface area contributed by atoms with Gasteiger partial charge in [0, 0.05) is 6.07 Å².